The Kier molecular flexibility index (Phi) is 6.41. The number of ether oxygens (including phenoxy) is 1. The van der Waals surface area contributed by atoms with Crippen molar-refractivity contribution in [2.45, 2.75) is 28.6 Å². The Morgan fingerprint density at radius 2 is 1.70 bits per heavy atom. The standard InChI is InChI=1S/C22H24FN3O5S2/c1-25-13-22(24-15-25)33(29,30)26-11-20(17-5-7-18(23)8-6-17)21(12-26)31-14-16-3-9-19(10-4-16)32(2,27)28/h3-10,13,15,20-21H,11-12,14H2,1-2H3/t20-,21+/m1/s1. The van der Waals surface area contributed by atoms with Crippen LogP contribution in [0.5, 0.6) is 0 Å². The molecule has 1 aliphatic rings. The molecule has 0 unspecified atom stereocenters. The molecule has 0 saturated carbocycles. The zero-order valence-corrected chi connectivity index (χ0v) is 19.8. The van der Waals surface area contributed by atoms with E-state index in [4.69, 9.17) is 4.74 Å². The molecule has 2 heterocycles. The molecule has 1 saturated heterocycles. The number of rotatable bonds is 7. The molecule has 0 radical (unpaired) electrons. The van der Waals surface area contributed by atoms with Gasteiger partial charge in [-0.15, -0.1) is 0 Å². The highest BCUT2D eigenvalue weighted by Crippen LogP contribution is 2.33. The van der Waals surface area contributed by atoms with E-state index in [-0.39, 0.29) is 41.4 Å². The summed E-state index contributed by atoms with van der Waals surface area (Å²) in [5.74, 6) is -0.683. The molecule has 0 bridgehead atoms. The van der Waals surface area contributed by atoms with Crippen molar-refractivity contribution < 1.29 is 26.0 Å². The van der Waals surface area contributed by atoms with Gasteiger partial charge in [-0.25, -0.2) is 26.2 Å². The monoisotopic (exact) mass is 493 g/mol. The van der Waals surface area contributed by atoms with Crippen molar-refractivity contribution in [2.75, 3.05) is 19.3 Å². The van der Waals surface area contributed by atoms with Gasteiger partial charge in [-0.05, 0) is 35.4 Å². The molecular weight excluding hydrogens is 469 g/mol. The Bertz CT molecular complexity index is 1340. The molecular formula is C22H24FN3O5S2. The zero-order valence-electron chi connectivity index (χ0n) is 18.1. The van der Waals surface area contributed by atoms with E-state index < -0.39 is 26.0 Å². The topological polar surface area (TPSA) is 98.6 Å². The van der Waals surface area contributed by atoms with E-state index in [0.717, 1.165) is 17.4 Å². The second-order valence-electron chi connectivity index (χ2n) is 8.12. The van der Waals surface area contributed by atoms with Crippen molar-refractivity contribution in [2.24, 2.45) is 7.05 Å². The van der Waals surface area contributed by atoms with Crippen LogP contribution in [0.1, 0.15) is 17.0 Å². The molecule has 1 aromatic heterocycles. The Hall–Kier alpha value is -2.60. The lowest BCUT2D eigenvalue weighted by Gasteiger charge is -2.19. The summed E-state index contributed by atoms with van der Waals surface area (Å²) in [4.78, 5) is 4.19. The normalized spacial score (nSPS) is 19.7. The maximum atomic E-state index is 13.5. The van der Waals surface area contributed by atoms with Crippen LogP contribution in [0.15, 0.2) is 71.0 Å². The van der Waals surface area contributed by atoms with Gasteiger partial charge in [-0.3, -0.25) is 0 Å². The second-order valence-corrected chi connectivity index (χ2v) is 12.0. The molecule has 2 aromatic carbocycles. The van der Waals surface area contributed by atoms with E-state index in [1.165, 1.54) is 41.1 Å². The molecule has 8 nitrogen and oxygen atoms in total. The van der Waals surface area contributed by atoms with Crippen molar-refractivity contribution in [3.63, 3.8) is 0 Å². The molecule has 0 N–H and O–H groups in total. The van der Waals surface area contributed by atoms with Crippen LogP contribution in [-0.2, 0) is 38.3 Å². The molecule has 0 spiro atoms. The van der Waals surface area contributed by atoms with Gasteiger partial charge in [-0.2, -0.15) is 4.31 Å². The molecule has 11 heteroatoms. The van der Waals surface area contributed by atoms with E-state index in [0.29, 0.717) is 0 Å². The number of aromatic nitrogens is 2. The summed E-state index contributed by atoms with van der Waals surface area (Å²) in [5, 5.41) is -0.0418. The summed E-state index contributed by atoms with van der Waals surface area (Å²) in [5.41, 5.74) is 1.53. The number of hydrogen-bond acceptors (Lipinski definition) is 6. The Labute approximate surface area is 192 Å². The van der Waals surface area contributed by atoms with Gasteiger partial charge in [0.2, 0.25) is 0 Å². The van der Waals surface area contributed by atoms with Crippen molar-refractivity contribution in [3.05, 3.63) is 78.0 Å². The number of aryl methyl sites for hydroxylation is 1. The fourth-order valence-electron chi connectivity index (χ4n) is 3.83. The van der Waals surface area contributed by atoms with Gasteiger partial charge >= 0.3 is 0 Å². The van der Waals surface area contributed by atoms with Gasteiger partial charge in [0.25, 0.3) is 10.0 Å². The molecule has 2 atom stereocenters. The first-order chi connectivity index (χ1) is 15.5. The third-order valence-corrected chi connectivity index (χ3v) is 8.48. The maximum absolute atomic E-state index is 13.5. The molecule has 176 valence electrons. The number of halogens is 1. The number of sulfonamides is 1. The lowest BCUT2D eigenvalue weighted by molar-refractivity contribution is 0.0407. The van der Waals surface area contributed by atoms with Crippen LogP contribution in [0.3, 0.4) is 0 Å². The van der Waals surface area contributed by atoms with Crippen LogP contribution < -0.4 is 0 Å². The number of sulfone groups is 1. The summed E-state index contributed by atoms with van der Waals surface area (Å²) in [6.07, 6.45) is 3.53. The molecule has 0 aliphatic carbocycles. The lowest BCUT2D eigenvalue weighted by atomic mass is 9.96. The molecule has 1 fully saturated rings. The van der Waals surface area contributed by atoms with E-state index in [9.17, 15) is 21.2 Å². The summed E-state index contributed by atoms with van der Waals surface area (Å²) in [7, 11) is -5.43. The largest absolute Gasteiger partial charge is 0.371 e. The summed E-state index contributed by atoms with van der Waals surface area (Å²) in [6.45, 7) is 0.453. The van der Waals surface area contributed by atoms with Crippen LogP contribution in [0.4, 0.5) is 4.39 Å². The van der Waals surface area contributed by atoms with Gasteiger partial charge in [0.15, 0.2) is 14.9 Å². The fourth-order valence-corrected chi connectivity index (χ4v) is 5.90. The zero-order chi connectivity index (χ0) is 23.8. The Morgan fingerprint density at radius 3 is 2.27 bits per heavy atom. The highest BCUT2D eigenvalue weighted by molar-refractivity contribution is 7.90. The van der Waals surface area contributed by atoms with Crippen LogP contribution in [0, 0.1) is 5.82 Å². The first-order valence-corrected chi connectivity index (χ1v) is 13.5. The summed E-state index contributed by atoms with van der Waals surface area (Å²) < 4.78 is 72.0. The van der Waals surface area contributed by atoms with Crippen LogP contribution in [0.25, 0.3) is 0 Å². The smallest absolute Gasteiger partial charge is 0.262 e. The van der Waals surface area contributed by atoms with Gasteiger partial charge in [0.1, 0.15) is 5.82 Å². The van der Waals surface area contributed by atoms with E-state index in [2.05, 4.69) is 4.98 Å². The van der Waals surface area contributed by atoms with Crippen LogP contribution >= 0.6 is 0 Å². The third-order valence-electron chi connectivity index (χ3n) is 5.63. The maximum Gasteiger partial charge on any atom is 0.262 e. The minimum atomic E-state index is -3.82. The molecule has 1 aliphatic heterocycles. The van der Waals surface area contributed by atoms with Crippen LogP contribution in [0.2, 0.25) is 0 Å². The summed E-state index contributed by atoms with van der Waals surface area (Å²) in [6, 6.07) is 12.3. The van der Waals surface area contributed by atoms with Gasteiger partial charge in [-0.1, -0.05) is 24.3 Å². The molecule has 3 aromatic rings. The predicted molar refractivity (Wildman–Crippen MR) is 119 cm³/mol. The summed E-state index contributed by atoms with van der Waals surface area (Å²) >= 11 is 0. The Morgan fingerprint density at radius 1 is 1.03 bits per heavy atom. The SMILES string of the molecule is Cn1cnc(S(=O)(=O)N2C[C@H](OCc3ccc(S(C)(=O)=O)cc3)[C@@H](c3ccc(F)cc3)C2)c1. The molecule has 33 heavy (non-hydrogen) atoms. The van der Waals surface area contributed by atoms with Gasteiger partial charge in [0, 0.05) is 38.5 Å². The van der Waals surface area contributed by atoms with Crippen molar-refractivity contribution in [3.8, 4) is 0 Å². The van der Waals surface area contributed by atoms with Gasteiger partial charge in [0.05, 0.1) is 23.9 Å². The first kappa shape index (κ1) is 23.6. The van der Waals surface area contributed by atoms with Crippen molar-refractivity contribution >= 4 is 19.9 Å². The van der Waals surface area contributed by atoms with E-state index >= 15 is 0 Å². The quantitative estimate of drug-likeness (QED) is 0.501. The van der Waals surface area contributed by atoms with Gasteiger partial charge < -0.3 is 9.30 Å². The fraction of sp³-hybridized carbons (Fsp3) is 0.318. The highest BCUT2D eigenvalue weighted by atomic mass is 32.2. The number of benzene rings is 2. The number of nitrogens with zero attached hydrogens (tertiary/aromatic N) is 3. The number of hydrogen-bond donors (Lipinski definition) is 0. The van der Waals surface area contributed by atoms with E-state index in [1.807, 2.05) is 0 Å². The third kappa shape index (κ3) is 5.16. The van der Waals surface area contributed by atoms with E-state index in [1.54, 1.807) is 35.9 Å². The second kappa shape index (κ2) is 8.98. The highest BCUT2D eigenvalue weighted by Gasteiger charge is 2.41. The Balaban J connectivity index is 1.56. The van der Waals surface area contributed by atoms with Crippen molar-refractivity contribution in [1.82, 2.24) is 13.9 Å². The van der Waals surface area contributed by atoms with Crippen molar-refractivity contribution in [1.29, 1.82) is 0 Å². The lowest BCUT2D eigenvalue weighted by Crippen LogP contribution is -2.30. The average Bonchev–Trinajstić information content (AvgIpc) is 3.40. The minimum absolute atomic E-state index is 0.0418. The minimum Gasteiger partial charge on any atom is -0.371 e. The molecule has 4 rings (SSSR count). The predicted octanol–water partition coefficient (Wildman–Crippen LogP) is 2.34. The average molecular weight is 494 g/mol. The number of imidazole rings is 1. The first-order valence-electron chi connectivity index (χ1n) is 10.2. The molecule has 0 amide bonds. The van der Waals surface area contributed by atoms with Crippen LogP contribution in [-0.4, -0.2) is 56.1 Å².